The minimum absolute atomic E-state index is 0.0874. The molecule has 0 fully saturated rings. The predicted molar refractivity (Wildman–Crippen MR) is 106 cm³/mol. The average molecular weight is 656 g/mol. The third kappa shape index (κ3) is 8.06. The fraction of sp³-hybridized carbons (Fsp3) is 0.474. The molecule has 36 heavy (non-hydrogen) atoms. The van der Waals surface area contributed by atoms with Gasteiger partial charge in [-0.1, -0.05) is 22.6 Å². The van der Waals surface area contributed by atoms with Crippen molar-refractivity contribution in [3.05, 3.63) is 58.2 Å². The first-order chi connectivity index (χ1) is 16.2. The Labute approximate surface area is 207 Å². The van der Waals surface area contributed by atoms with E-state index >= 15 is 0 Å². The Hall–Kier alpha value is -1.89. The van der Waals surface area contributed by atoms with Crippen LogP contribution in [0.25, 0.3) is 0 Å². The number of aliphatic hydroxyl groups is 1. The van der Waals surface area contributed by atoms with Gasteiger partial charge in [0.05, 0.1) is 18.8 Å². The lowest BCUT2D eigenvalue weighted by atomic mass is 9.97. The van der Waals surface area contributed by atoms with Gasteiger partial charge in [0.15, 0.2) is 0 Å². The molecule has 0 radical (unpaired) electrons. The highest BCUT2D eigenvalue weighted by molar-refractivity contribution is 14.1. The van der Waals surface area contributed by atoms with Crippen LogP contribution in [0.15, 0.2) is 24.3 Å². The summed E-state index contributed by atoms with van der Waals surface area (Å²) in [5.41, 5.74) is -9.74. The second-order valence-corrected chi connectivity index (χ2v) is 8.21. The summed E-state index contributed by atoms with van der Waals surface area (Å²) in [6.07, 6.45) is -26.4. The molecule has 0 amide bonds. The molecule has 1 N–H and O–H groups in total. The Morgan fingerprint density at radius 3 is 1.31 bits per heavy atom. The van der Waals surface area contributed by atoms with Gasteiger partial charge in [-0.15, -0.1) is 0 Å². The molecule has 0 saturated heterocycles. The summed E-state index contributed by atoms with van der Waals surface area (Å²) in [5, 5.41) is 10.4. The Morgan fingerprint density at radius 1 is 0.667 bits per heavy atom. The van der Waals surface area contributed by atoms with Crippen LogP contribution in [0.4, 0.5) is 52.7 Å². The van der Waals surface area contributed by atoms with Crippen LogP contribution in [-0.4, -0.2) is 26.1 Å². The number of pyridine rings is 2. The maximum absolute atomic E-state index is 13.2. The summed E-state index contributed by atoms with van der Waals surface area (Å²) in [5.74, 6) is 0. The second kappa shape index (κ2) is 10.8. The SMILES string of the molecule is OC(CC(OCCI)c1cc(C(F)(F)F)nc(C(F)(F)F)c1)c1cc(C(F)(F)F)nc(C(F)(F)F)c1. The number of hydrogen-bond acceptors (Lipinski definition) is 4. The van der Waals surface area contributed by atoms with E-state index in [2.05, 4.69) is 9.97 Å². The smallest absolute Gasteiger partial charge is 0.388 e. The van der Waals surface area contributed by atoms with Crippen molar-refractivity contribution in [2.24, 2.45) is 0 Å². The van der Waals surface area contributed by atoms with Crippen LogP contribution >= 0.6 is 22.6 Å². The summed E-state index contributed by atoms with van der Waals surface area (Å²) in [4.78, 5) is 5.00. The van der Waals surface area contributed by atoms with Crippen molar-refractivity contribution in [2.45, 2.75) is 43.3 Å². The molecule has 2 heterocycles. The van der Waals surface area contributed by atoms with E-state index in [0.717, 1.165) is 0 Å². The normalized spacial score (nSPS) is 15.2. The van der Waals surface area contributed by atoms with Crippen molar-refractivity contribution < 1.29 is 62.5 Å². The molecule has 4 nitrogen and oxygen atoms in total. The molecule has 2 atom stereocenters. The monoisotopic (exact) mass is 656 g/mol. The van der Waals surface area contributed by atoms with E-state index in [1.165, 1.54) is 0 Å². The maximum atomic E-state index is 13.2. The summed E-state index contributed by atoms with van der Waals surface area (Å²) < 4.78 is 163. The average Bonchev–Trinajstić information content (AvgIpc) is 2.73. The fourth-order valence-electron chi connectivity index (χ4n) is 2.89. The van der Waals surface area contributed by atoms with E-state index in [0.29, 0.717) is 0 Å². The molecular weight excluding hydrogens is 643 g/mol. The summed E-state index contributed by atoms with van der Waals surface area (Å²) >= 11 is 1.73. The minimum atomic E-state index is -5.36. The molecule has 0 aromatic carbocycles. The van der Waals surface area contributed by atoms with Crippen LogP contribution in [0.2, 0.25) is 0 Å². The molecular formula is C19H13F12IN2O2. The van der Waals surface area contributed by atoms with E-state index in [4.69, 9.17) is 4.74 Å². The number of alkyl halides is 13. The van der Waals surface area contributed by atoms with Gasteiger partial charge < -0.3 is 9.84 Å². The van der Waals surface area contributed by atoms with Gasteiger partial charge in [-0.25, -0.2) is 9.97 Å². The molecule has 2 rings (SSSR count). The fourth-order valence-corrected chi connectivity index (χ4v) is 3.14. The lowest BCUT2D eigenvalue weighted by Gasteiger charge is -2.24. The van der Waals surface area contributed by atoms with E-state index in [-0.39, 0.29) is 35.3 Å². The van der Waals surface area contributed by atoms with Crippen molar-refractivity contribution in [2.75, 3.05) is 11.0 Å². The number of aromatic nitrogens is 2. The topological polar surface area (TPSA) is 55.2 Å². The quantitative estimate of drug-likeness (QED) is 0.195. The van der Waals surface area contributed by atoms with Crippen LogP contribution in [0.5, 0.6) is 0 Å². The molecule has 2 aromatic heterocycles. The number of aliphatic hydroxyl groups excluding tert-OH is 1. The zero-order valence-corrected chi connectivity index (χ0v) is 19.4. The Balaban J connectivity index is 2.58. The van der Waals surface area contributed by atoms with Crippen LogP contribution in [-0.2, 0) is 29.4 Å². The summed E-state index contributed by atoms with van der Waals surface area (Å²) in [7, 11) is 0. The molecule has 0 aliphatic rings. The van der Waals surface area contributed by atoms with Crippen LogP contribution < -0.4 is 0 Å². The van der Waals surface area contributed by atoms with Gasteiger partial charge in [0.25, 0.3) is 0 Å². The molecule has 17 heteroatoms. The highest BCUT2D eigenvalue weighted by atomic mass is 127. The Kier molecular flexibility index (Phi) is 9.14. The van der Waals surface area contributed by atoms with Gasteiger partial charge in [0, 0.05) is 10.8 Å². The lowest BCUT2D eigenvalue weighted by molar-refractivity contribution is -0.151. The van der Waals surface area contributed by atoms with Crippen molar-refractivity contribution >= 4 is 22.6 Å². The standard InChI is InChI=1S/C19H13F12IN2O2/c20-16(21,22)12-3-8(4-13(33-12)17(23,24)25)10(35)7-11(36-2-1-32)9-5-14(18(26,27)28)34-15(6-9)19(29,30)31/h3-6,10-11,35H,1-2,7H2. The van der Waals surface area contributed by atoms with Crippen molar-refractivity contribution in [3.8, 4) is 0 Å². The first-order valence-electron chi connectivity index (χ1n) is 9.42. The summed E-state index contributed by atoms with van der Waals surface area (Å²) in [6, 6.07) is 0.553. The zero-order valence-electron chi connectivity index (χ0n) is 17.2. The molecule has 0 aliphatic carbocycles. The van der Waals surface area contributed by atoms with Gasteiger partial charge in [0.1, 0.15) is 22.8 Å². The van der Waals surface area contributed by atoms with Crippen molar-refractivity contribution in [1.82, 2.24) is 9.97 Å². The number of nitrogens with zero attached hydrogens (tertiary/aromatic N) is 2. The number of halogens is 13. The van der Waals surface area contributed by atoms with Gasteiger partial charge >= 0.3 is 24.7 Å². The van der Waals surface area contributed by atoms with Gasteiger partial charge in [-0.2, -0.15) is 52.7 Å². The van der Waals surface area contributed by atoms with E-state index in [1.807, 2.05) is 0 Å². The zero-order chi connectivity index (χ0) is 27.7. The molecule has 0 spiro atoms. The molecule has 0 saturated carbocycles. The van der Waals surface area contributed by atoms with E-state index in [9.17, 15) is 57.8 Å². The van der Waals surface area contributed by atoms with Crippen molar-refractivity contribution in [1.29, 1.82) is 0 Å². The summed E-state index contributed by atoms with van der Waals surface area (Å²) in [6.45, 7) is -0.291. The van der Waals surface area contributed by atoms with Gasteiger partial charge in [0.2, 0.25) is 0 Å². The Bertz CT molecular complexity index is 986. The number of rotatable bonds is 7. The minimum Gasteiger partial charge on any atom is -0.388 e. The van der Waals surface area contributed by atoms with E-state index < -0.39 is 77.2 Å². The maximum Gasteiger partial charge on any atom is 0.433 e. The first-order valence-corrected chi connectivity index (χ1v) is 10.9. The largest absolute Gasteiger partial charge is 0.433 e. The second-order valence-electron chi connectivity index (χ2n) is 7.13. The lowest BCUT2D eigenvalue weighted by Crippen LogP contribution is -2.19. The molecule has 0 bridgehead atoms. The molecule has 2 unspecified atom stereocenters. The highest BCUT2D eigenvalue weighted by Crippen LogP contribution is 2.40. The van der Waals surface area contributed by atoms with Crippen LogP contribution in [0.3, 0.4) is 0 Å². The molecule has 2 aromatic rings. The first kappa shape index (κ1) is 30.3. The van der Waals surface area contributed by atoms with Gasteiger partial charge in [-0.3, -0.25) is 0 Å². The number of hydrogen-bond donors (Lipinski definition) is 1. The third-order valence-electron chi connectivity index (χ3n) is 4.45. The predicted octanol–water partition coefficient (Wildman–Crippen LogP) is 7.17. The van der Waals surface area contributed by atoms with Crippen LogP contribution in [0, 0.1) is 0 Å². The number of ether oxygens (including phenoxy) is 1. The Morgan fingerprint density at radius 2 is 1.00 bits per heavy atom. The van der Waals surface area contributed by atoms with Crippen LogP contribution in [0.1, 0.15) is 52.5 Å². The molecule has 0 aliphatic heterocycles. The van der Waals surface area contributed by atoms with Crippen molar-refractivity contribution in [3.63, 3.8) is 0 Å². The highest BCUT2D eigenvalue weighted by Gasteiger charge is 2.41. The molecule has 202 valence electrons. The van der Waals surface area contributed by atoms with E-state index in [1.54, 1.807) is 22.6 Å². The van der Waals surface area contributed by atoms with Gasteiger partial charge in [-0.05, 0) is 35.4 Å². The third-order valence-corrected chi connectivity index (χ3v) is 4.89.